The number of nitrogen functional groups attached to an aromatic ring is 1. The lowest BCUT2D eigenvalue weighted by atomic mass is 10.2. The summed E-state index contributed by atoms with van der Waals surface area (Å²) in [5, 5.41) is 1.09. The van der Waals surface area contributed by atoms with Gasteiger partial charge in [0.25, 0.3) is 0 Å². The predicted molar refractivity (Wildman–Crippen MR) is 94.5 cm³/mol. The van der Waals surface area contributed by atoms with Crippen LogP contribution in [0.5, 0.6) is 0 Å². The van der Waals surface area contributed by atoms with Gasteiger partial charge >= 0.3 is 0 Å². The zero-order valence-corrected chi connectivity index (χ0v) is 14.0. The number of fused-ring (bicyclic) bond motifs is 3. The highest BCUT2D eigenvalue weighted by Crippen LogP contribution is 2.29. The lowest BCUT2D eigenvalue weighted by Gasteiger charge is -2.15. The van der Waals surface area contributed by atoms with E-state index < -0.39 is 0 Å². The second-order valence-corrected chi connectivity index (χ2v) is 6.00. The van der Waals surface area contributed by atoms with Crippen molar-refractivity contribution in [3.63, 3.8) is 0 Å². The summed E-state index contributed by atoms with van der Waals surface area (Å²) in [4.78, 5) is 9.32. The van der Waals surface area contributed by atoms with E-state index in [0.717, 1.165) is 53.6 Å². The van der Waals surface area contributed by atoms with Crippen molar-refractivity contribution >= 4 is 27.8 Å². The molecule has 0 unspecified atom stereocenters. The van der Waals surface area contributed by atoms with Crippen LogP contribution >= 0.6 is 0 Å². The van der Waals surface area contributed by atoms with Gasteiger partial charge in [-0.05, 0) is 19.4 Å². The van der Waals surface area contributed by atoms with Crippen LogP contribution in [0, 0.1) is 0 Å². The van der Waals surface area contributed by atoms with Gasteiger partial charge in [0.2, 0.25) is 0 Å². The number of rotatable bonds is 6. The lowest BCUT2D eigenvalue weighted by molar-refractivity contribution is 0.103. The van der Waals surface area contributed by atoms with E-state index in [1.165, 1.54) is 0 Å². The van der Waals surface area contributed by atoms with E-state index in [2.05, 4.69) is 29.5 Å². The summed E-state index contributed by atoms with van der Waals surface area (Å²) in [5.41, 5.74) is 8.96. The lowest BCUT2D eigenvalue weighted by Crippen LogP contribution is -2.17. The molecule has 3 aromatic rings. The highest BCUT2D eigenvalue weighted by atomic mass is 16.5. The third kappa shape index (κ3) is 2.88. The molecule has 2 heterocycles. The number of benzene rings is 1. The minimum absolute atomic E-state index is 0.112. The van der Waals surface area contributed by atoms with Crippen LogP contribution in [-0.4, -0.2) is 27.7 Å². The standard InChI is InChI=1S/C18H24N4O/c1-4-5-10-15-21-16-17(22(15)11-12(2)23-3)13-8-6-7-9-14(13)20-18(16)19/h6-9,12H,4-5,10-11H2,1-3H3,(H2,19,20)/t12-/m1/s1. The van der Waals surface area contributed by atoms with Crippen molar-refractivity contribution in [2.24, 2.45) is 0 Å². The first-order valence-corrected chi connectivity index (χ1v) is 8.21. The Hall–Kier alpha value is -2.14. The quantitative estimate of drug-likeness (QED) is 0.756. The Morgan fingerprint density at radius 1 is 1.26 bits per heavy atom. The van der Waals surface area contributed by atoms with Crippen molar-refractivity contribution in [1.82, 2.24) is 14.5 Å². The Balaban J connectivity index is 2.28. The van der Waals surface area contributed by atoms with Crippen LogP contribution in [0.1, 0.15) is 32.5 Å². The number of nitrogens with two attached hydrogens (primary N) is 1. The van der Waals surface area contributed by atoms with Crippen molar-refractivity contribution in [2.45, 2.75) is 45.8 Å². The molecule has 0 saturated heterocycles. The first-order chi connectivity index (χ1) is 11.2. The summed E-state index contributed by atoms with van der Waals surface area (Å²) in [7, 11) is 1.74. The van der Waals surface area contributed by atoms with Crippen LogP contribution in [0.15, 0.2) is 24.3 Å². The fourth-order valence-electron chi connectivity index (χ4n) is 2.96. The Morgan fingerprint density at radius 2 is 2.04 bits per heavy atom. The summed E-state index contributed by atoms with van der Waals surface area (Å²) in [6.07, 6.45) is 3.30. The second kappa shape index (κ2) is 6.54. The van der Waals surface area contributed by atoms with Gasteiger partial charge in [0.05, 0.1) is 23.7 Å². The molecule has 0 bridgehead atoms. The third-order valence-corrected chi connectivity index (χ3v) is 4.29. The van der Waals surface area contributed by atoms with Gasteiger partial charge in [-0.3, -0.25) is 0 Å². The van der Waals surface area contributed by atoms with E-state index in [-0.39, 0.29) is 6.10 Å². The molecule has 0 radical (unpaired) electrons. The topological polar surface area (TPSA) is 66.0 Å². The highest BCUT2D eigenvalue weighted by Gasteiger charge is 2.18. The maximum Gasteiger partial charge on any atom is 0.152 e. The molecule has 1 atom stereocenters. The SMILES string of the molecule is CCCCc1nc2c(N)nc3ccccc3c2n1C[C@@H](C)OC. The molecule has 5 nitrogen and oxygen atoms in total. The zero-order valence-electron chi connectivity index (χ0n) is 14.0. The Morgan fingerprint density at radius 3 is 2.78 bits per heavy atom. The average molecular weight is 312 g/mol. The van der Waals surface area contributed by atoms with Crippen molar-refractivity contribution in [3.05, 3.63) is 30.1 Å². The molecule has 23 heavy (non-hydrogen) atoms. The number of methoxy groups -OCH3 is 1. The Labute approximate surface area is 136 Å². The third-order valence-electron chi connectivity index (χ3n) is 4.29. The summed E-state index contributed by atoms with van der Waals surface area (Å²) in [5.74, 6) is 1.57. The maximum atomic E-state index is 6.18. The van der Waals surface area contributed by atoms with Crippen molar-refractivity contribution in [2.75, 3.05) is 12.8 Å². The van der Waals surface area contributed by atoms with Crippen LogP contribution in [-0.2, 0) is 17.7 Å². The second-order valence-electron chi connectivity index (χ2n) is 6.00. The van der Waals surface area contributed by atoms with Crippen LogP contribution in [0.4, 0.5) is 5.82 Å². The van der Waals surface area contributed by atoms with Gasteiger partial charge in [-0.15, -0.1) is 0 Å². The molecule has 122 valence electrons. The van der Waals surface area contributed by atoms with E-state index in [0.29, 0.717) is 5.82 Å². The van der Waals surface area contributed by atoms with Crippen LogP contribution < -0.4 is 5.73 Å². The molecule has 5 heteroatoms. The molecule has 0 aliphatic heterocycles. The summed E-state index contributed by atoms with van der Waals surface area (Å²) in [6.45, 7) is 5.03. The summed E-state index contributed by atoms with van der Waals surface area (Å²) >= 11 is 0. The van der Waals surface area contributed by atoms with Gasteiger partial charge in [-0.25, -0.2) is 9.97 Å². The average Bonchev–Trinajstić information content (AvgIpc) is 2.92. The number of imidazole rings is 1. The number of para-hydroxylation sites is 1. The van der Waals surface area contributed by atoms with E-state index in [1.807, 2.05) is 18.2 Å². The molecular weight excluding hydrogens is 288 g/mol. The molecule has 1 aromatic carbocycles. The van der Waals surface area contributed by atoms with E-state index in [4.69, 9.17) is 15.5 Å². The molecule has 3 rings (SSSR count). The Kier molecular flexibility index (Phi) is 4.48. The predicted octanol–water partition coefficient (Wildman–Crippen LogP) is 3.54. The molecule has 0 fully saturated rings. The van der Waals surface area contributed by atoms with E-state index in [9.17, 15) is 0 Å². The molecule has 0 saturated carbocycles. The smallest absolute Gasteiger partial charge is 0.152 e. The molecule has 2 N–H and O–H groups in total. The zero-order chi connectivity index (χ0) is 16.4. The number of ether oxygens (including phenoxy) is 1. The first kappa shape index (κ1) is 15.7. The van der Waals surface area contributed by atoms with Crippen molar-refractivity contribution < 1.29 is 4.74 Å². The minimum Gasteiger partial charge on any atom is -0.382 e. The van der Waals surface area contributed by atoms with Gasteiger partial charge in [0.15, 0.2) is 5.82 Å². The van der Waals surface area contributed by atoms with Crippen molar-refractivity contribution in [1.29, 1.82) is 0 Å². The van der Waals surface area contributed by atoms with E-state index in [1.54, 1.807) is 7.11 Å². The van der Waals surface area contributed by atoms with Crippen molar-refractivity contribution in [3.8, 4) is 0 Å². The minimum atomic E-state index is 0.112. The van der Waals surface area contributed by atoms with Gasteiger partial charge in [-0.1, -0.05) is 31.5 Å². The fraction of sp³-hybridized carbons (Fsp3) is 0.444. The van der Waals surface area contributed by atoms with Crippen LogP contribution in [0.2, 0.25) is 0 Å². The molecule has 0 aliphatic carbocycles. The number of anilines is 1. The van der Waals surface area contributed by atoms with Gasteiger partial charge in [-0.2, -0.15) is 0 Å². The number of hydrogen-bond donors (Lipinski definition) is 1. The summed E-state index contributed by atoms with van der Waals surface area (Å²) < 4.78 is 7.74. The number of nitrogens with zero attached hydrogens (tertiary/aromatic N) is 3. The normalized spacial score (nSPS) is 13.0. The van der Waals surface area contributed by atoms with Crippen LogP contribution in [0.3, 0.4) is 0 Å². The van der Waals surface area contributed by atoms with E-state index >= 15 is 0 Å². The summed E-state index contributed by atoms with van der Waals surface area (Å²) in [6, 6.07) is 8.09. The fourth-order valence-corrected chi connectivity index (χ4v) is 2.96. The van der Waals surface area contributed by atoms with Gasteiger partial charge in [0, 0.05) is 18.9 Å². The van der Waals surface area contributed by atoms with Crippen LogP contribution in [0.25, 0.3) is 21.9 Å². The van der Waals surface area contributed by atoms with Gasteiger partial charge in [0.1, 0.15) is 11.3 Å². The molecule has 0 aliphatic rings. The number of pyridine rings is 1. The Bertz CT molecular complexity index is 825. The maximum absolute atomic E-state index is 6.18. The molecule has 0 amide bonds. The largest absolute Gasteiger partial charge is 0.382 e. The number of aromatic nitrogens is 3. The number of aryl methyl sites for hydroxylation is 1. The first-order valence-electron chi connectivity index (χ1n) is 8.21. The molecular formula is C18H24N4O. The number of unbranched alkanes of at least 4 members (excludes halogenated alkanes) is 1. The van der Waals surface area contributed by atoms with Gasteiger partial charge < -0.3 is 15.0 Å². The highest BCUT2D eigenvalue weighted by molar-refractivity contribution is 6.06. The molecule has 0 spiro atoms. The molecule has 2 aromatic heterocycles. The number of hydrogen-bond acceptors (Lipinski definition) is 4. The monoisotopic (exact) mass is 312 g/mol.